The molecule has 17 heavy (non-hydrogen) atoms. The Labute approximate surface area is 101 Å². The first-order chi connectivity index (χ1) is 8.29. The van der Waals surface area contributed by atoms with Gasteiger partial charge in [-0.15, -0.1) is 0 Å². The summed E-state index contributed by atoms with van der Waals surface area (Å²) in [5.74, 6) is -0.305. The van der Waals surface area contributed by atoms with Gasteiger partial charge < -0.3 is 4.74 Å². The largest absolute Gasteiger partial charge is 0.463 e. The Morgan fingerprint density at radius 1 is 1.18 bits per heavy atom. The van der Waals surface area contributed by atoms with E-state index in [1.807, 2.05) is 30.3 Å². The van der Waals surface area contributed by atoms with Crippen molar-refractivity contribution in [3.8, 4) is 0 Å². The standard InChI is InChI=1S/C15H14O2/c1-2-17-15(16)10-8-12-7-9-13-5-3-4-6-14(13)11-12/h3-11H,2H2,1H3. The van der Waals surface area contributed by atoms with Crippen LogP contribution < -0.4 is 0 Å². The van der Waals surface area contributed by atoms with Crippen molar-refractivity contribution >= 4 is 22.8 Å². The number of benzene rings is 2. The number of hydrogen-bond donors (Lipinski definition) is 0. The quantitative estimate of drug-likeness (QED) is 0.592. The molecule has 0 saturated carbocycles. The Balaban J connectivity index is 2.22. The van der Waals surface area contributed by atoms with Crippen LogP contribution in [-0.2, 0) is 9.53 Å². The summed E-state index contributed by atoms with van der Waals surface area (Å²) in [5, 5.41) is 2.36. The Morgan fingerprint density at radius 2 is 1.94 bits per heavy atom. The second-order valence-electron chi connectivity index (χ2n) is 3.69. The lowest BCUT2D eigenvalue weighted by molar-refractivity contribution is -0.137. The first kappa shape index (κ1) is 11.4. The lowest BCUT2D eigenvalue weighted by Crippen LogP contribution is -1.98. The Morgan fingerprint density at radius 3 is 2.71 bits per heavy atom. The normalized spacial score (nSPS) is 10.9. The van der Waals surface area contributed by atoms with E-state index in [1.54, 1.807) is 13.0 Å². The van der Waals surface area contributed by atoms with Gasteiger partial charge in [0.25, 0.3) is 0 Å². The van der Waals surface area contributed by atoms with Crippen LogP contribution in [0.25, 0.3) is 16.8 Å². The molecule has 0 N–H and O–H groups in total. The monoisotopic (exact) mass is 226 g/mol. The maximum atomic E-state index is 11.2. The van der Waals surface area contributed by atoms with Crippen molar-refractivity contribution in [3.05, 3.63) is 54.1 Å². The average Bonchev–Trinajstić information content (AvgIpc) is 2.36. The number of carbonyl (C=O) groups excluding carboxylic acids is 1. The van der Waals surface area contributed by atoms with Gasteiger partial charge >= 0.3 is 5.97 Å². The average molecular weight is 226 g/mol. The molecule has 0 aliphatic rings. The van der Waals surface area contributed by atoms with Gasteiger partial charge in [0.2, 0.25) is 0 Å². The van der Waals surface area contributed by atoms with E-state index in [1.165, 1.54) is 16.8 Å². The highest BCUT2D eigenvalue weighted by Gasteiger charge is 1.95. The highest BCUT2D eigenvalue weighted by molar-refractivity contribution is 5.89. The topological polar surface area (TPSA) is 26.3 Å². The summed E-state index contributed by atoms with van der Waals surface area (Å²) in [7, 11) is 0. The number of hydrogen-bond acceptors (Lipinski definition) is 2. The third kappa shape index (κ3) is 2.94. The Bertz CT molecular complexity index is 556. The second-order valence-corrected chi connectivity index (χ2v) is 3.69. The van der Waals surface area contributed by atoms with E-state index in [-0.39, 0.29) is 5.97 Å². The van der Waals surface area contributed by atoms with Crippen LogP contribution in [-0.4, -0.2) is 12.6 Å². The fraction of sp³-hybridized carbons (Fsp3) is 0.133. The van der Waals surface area contributed by atoms with Crippen molar-refractivity contribution in [2.24, 2.45) is 0 Å². The molecule has 0 fully saturated rings. The minimum atomic E-state index is -0.305. The number of esters is 1. The molecule has 2 nitrogen and oxygen atoms in total. The van der Waals surface area contributed by atoms with Crippen molar-refractivity contribution in [1.82, 2.24) is 0 Å². The van der Waals surface area contributed by atoms with Gasteiger partial charge in [-0.1, -0.05) is 36.4 Å². The van der Waals surface area contributed by atoms with Crippen LogP contribution in [0.5, 0.6) is 0 Å². The number of rotatable bonds is 3. The molecular formula is C15H14O2. The van der Waals surface area contributed by atoms with Gasteiger partial charge in [0.05, 0.1) is 6.61 Å². The maximum Gasteiger partial charge on any atom is 0.330 e. The summed E-state index contributed by atoms with van der Waals surface area (Å²) in [5.41, 5.74) is 0.997. The molecule has 0 amide bonds. The summed E-state index contributed by atoms with van der Waals surface area (Å²) in [6.45, 7) is 2.20. The molecule has 2 aromatic rings. The molecule has 2 rings (SSSR count). The summed E-state index contributed by atoms with van der Waals surface area (Å²) < 4.78 is 4.83. The van der Waals surface area contributed by atoms with Gasteiger partial charge in [-0.05, 0) is 35.4 Å². The molecule has 0 aliphatic heterocycles. The van der Waals surface area contributed by atoms with E-state index in [9.17, 15) is 4.79 Å². The van der Waals surface area contributed by atoms with E-state index >= 15 is 0 Å². The van der Waals surface area contributed by atoms with Crippen molar-refractivity contribution in [1.29, 1.82) is 0 Å². The molecule has 0 heterocycles. The molecule has 0 aliphatic carbocycles. The van der Waals surface area contributed by atoms with Crippen molar-refractivity contribution in [2.75, 3.05) is 6.61 Å². The zero-order valence-corrected chi connectivity index (χ0v) is 9.72. The van der Waals surface area contributed by atoms with Crippen LogP contribution >= 0.6 is 0 Å². The van der Waals surface area contributed by atoms with Gasteiger partial charge in [-0.25, -0.2) is 4.79 Å². The first-order valence-electron chi connectivity index (χ1n) is 5.63. The van der Waals surface area contributed by atoms with Gasteiger partial charge in [0.1, 0.15) is 0 Å². The zero-order chi connectivity index (χ0) is 12.1. The SMILES string of the molecule is CCOC(=O)C=Cc1ccc2ccccc2c1. The van der Waals surface area contributed by atoms with Gasteiger partial charge in [-0.2, -0.15) is 0 Å². The van der Waals surface area contributed by atoms with E-state index in [0.29, 0.717) is 6.61 Å². The molecule has 2 heteroatoms. The summed E-state index contributed by atoms with van der Waals surface area (Å²) >= 11 is 0. The molecule has 0 radical (unpaired) electrons. The van der Waals surface area contributed by atoms with Crippen LogP contribution in [0, 0.1) is 0 Å². The van der Waals surface area contributed by atoms with Gasteiger partial charge in [0, 0.05) is 6.08 Å². The van der Waals surface area contributed by atoms with E-state index < -0.39 is 0 Å². The highest BCUT2D eigenvalue weighted by Crippen LogP contribution is 2.16. The highest BCUT2D eigenvalue weighted by atomic mass is 16.5. The van der Waals surface area contributed by atoms with Crippen molar-refractivity contribution in [3.63, 3.8) is 0 Å². The molecule has 0 bridgehead atoms. The first-order valence-corrected chi connectivity index (χ1v) is 5.63. The minimum Gasteiger partial charge on any atom is -0.463 e. The second kappa shape index (κ2) is 5.30. The molecule has 2 aromatic carbocycles. The summed E-state index contributed by atoms with van der Waals surface area (Å²) in [6.07, 6.45) is 3.22. The molecule has 86 valence electrons. The Kier molecular flexibility index (Phi) is 3.55. The number of ether oxygens (including phenoxy) is 1. The summed E-state index contributed by atoms with van der Waals surface area (Å²) in [4.78, 5) is 11.2. The van der Waals surface area contributed by atoms with Crippen LogP contribution in [0.4, 0.5) is 0 Å². The van der Waals surface area contributed by atoms with Gasteiger partial charge in [0.15, 0.2) is 0 Å². The summed E-state index contributed by atoms with van der Waals surface area (Å²) in [6, 6.07) is 14.2. The minimum absolute atomic E-state index is 0.305. The van der Waals surface area contributed by atoms with Crippen LogP contribution in [0.3, 0.4) is 0 Å². The van der Waals surface area contributed by atoms with Gasteiger partial charge in [-0.3, -0.25) is 0 Å². The van der Waals surface area contributed by atoms with Crippen LogP contribution in [0.15, 0.2) is 48.5 Å². The predicted octanol–water partition coefficient (Wildman–Crippen LogP) is 3.42. The van der Waals surface area contributed by atoms with Crippen molar-refractivity contribution in [2.45, 2.75) is 6.92 Å². The maximum absolute atomic E-state index is 11.2. The van der Waals surface area contributed by atoms with E-state index in [0.717, 1.165) is 5.56 Å². The third-order valence-electron chi connectivity index (χ3n) is 2.47. The van der Waals surface area contributed by atoms with E-state index in [4.69, 9.17) is 4.74 Å². The fourth-order valence-corrected chi connectivity index (χ4v) is 1.67. The van der Waals surface area contributed by atoms with Crippen molar-refractivity contribution < 1.29 is 9.53 Å². The number of carbonyl (C=O) groups is 1. The third-order valence-corrected chi connectivity index (χ3v) is 2.47. The molecule has 0 saturated heterocycles. The van der Waals surface area contributed by atoms with Crippen LogP contribution in [0.2, 0.25) is 0 Å². The molecule has 0 aromatic heterocycles. The molecule has 0 atom stereocenters. The van der Waals surface area contributed by atoms with Crippen LogP contribution in [0.1, 0.15) is 12.5 Å². The van der Waals surface area contributed by atoms with E-state index in [2.05, 4.69) is 12.1 Å². The number of fused-ring (bicyclic) bond motifs is 1. The molecule has 0 unspecified atom stereocenters. The zero-order valence-electron chi connectivity index (χ0n) is 9.72. The fourth-order valence-electron chi connectivity index (χ4n) is 1.67. The molecule has 0 spiro atoms. The lowest BCUT2D eigenvalue weighted by atomic mass is 10.1. The molecular weight excluding hydrogens is 212 g/mol. The smallest absolute Gasteiger partial charge is 0.330 e. The predicted molar refractivity (Wildman–Crippen MR) is 69.6 cm³/mol. The Hall–Kier alpha value is -2.09. The lowest BCUT2D eigenvalue weighted by Gasteiger charge is -1.99.